The van der Waals surface area contributed by atoms with Crippen molar-refractivity contribution >= 4 is 12.2 Å². The summed E-state index contributed by atoms with van der Waals surface area (Å²) >= 11 is 0. The van der Waals surface area contributed by atoms with E-state index in [0.717, 1.165) is 12.1 Å². The number of nitrogens with one attached hydrogen (secondary N) is 1. The van der Waals surface area contributed by atoms with Crippen LogP contribution in [0.4, 0.5) is 0 Å². The molecule has 0 aliphatic heterocycles. The Hall–Kier alpha value is -1.64. The molecule has 0 amide bonds. The lowest BCUT2D eigenvalue weighted by Gasteiger charge is -2.08. The fraction of sp³-hybridized carbons (Fsp3) is 0.429. The number of aliphatic imine (C=N–C) groups is 1. The Morgan fingerprint density at radius 2 is 1.82 bits per heavy atom. The van der Waals surface area contributed by atoms with Crippen molar-refractivity contribution in [2.24, 2.45) is 4.99 Å². The van der Waals surface area contributed by atoms with Crippen LogP contribution in [0.3, 0.4) is 0 Å². The Labute approximate surface area is 105 Å². The molecule has 1 aromatic carbocycles. The number of benzene rings is 1. The molecule has 0 fully saturated rings. The SMILES string of the molecule is CC.CCN(C)C=NC(=N)c1ccc(C)cc1. The van der Waals surface area contributed by atoms with Gasteiger partial charge in [0.25, 0.3) is 0 Å². The van der Waals surface area contributed by atoms with Crippen LogP contribution in [-0.4, -0.2) is 30.7 Å². The van der Waals surface area contributed by atoms with Gasteiger partial charge in [0.2, 0.25) is 0 Å². The Morgan fingerprint density at radius 1 is 1.29 bits per heavy atom. The number of aryl methyl sites for hydroxylation is 1. The van der Waals surface area contributed by atoms with Crippen molar-refractivity contribution in [1.29, 1.82) is 5.41 Å². The summed E-state index contributed by atoms with van der Waals surface area (Å²) in [6.45, 7) is 8.97. The van der Waals surface area contributed by atoms with Gasteiger partial charge >= 0.3 is 0 Å². The minimum Gasteiger partial charge on any atom is -0.366 e. The summed E-state index contributed by atoms with van der Waals surface area (Å²) in [6, 6.07) is 7.81. The van der Waals surface area contributed by atoms with Gasteiger partial charge < -0.3 is 4.90 Å². The van der Waals surface area contributed by atoms with Crippen molar-refractivity contribution in [3.8, 4) is 0 Å². The highest BCUT2D eigenvalue weighted by molar-refractivity contribution is 6.00. The van der Waals surface area contributed by atoms with E-state index in [2.05, 4.69) is 4.99 Å². The average molecular weight is 233 g/mol. The molecule has 94 valence electrons. The summed E-state index contributed by atoms with van der Waals surface area (Å²) in [5, 5.41) is 7.74. The third kappa shape index (κ3) is 5.85. The zero-order valence-corrected chi connectivity index (χ0v) is 11.5. The summed E-state index contributed by atoms with van der Waals surface area (Å²) in [5.74, 6) is 0.301. The Kier molecular flexibility index (Phi) is 7.68. The van der Waals surface area contributed by atoms with E-state index in [-0.39, 0.29) is 0 Å². The molecule has 0 aromatic heterocycles. The largest absolute Gasteiger partial charge is 0.366 e. The van der Waals surface area contributed by atoms with Gasteiger partial charge in [-0.1, -0.05) is 43.7 Å². The summed E-state index contributed by atoms with van der Waals surface area (Å²) < 4.78 is 0. The van der Waals surface area contributed by atoms with E-state index in [1.165, 1.54) is 5.56 Å². The first-order valence-electron chi connectivity index (χ1n) is 6.03. The second-order valence-electron chi connectivity index (χ2n) is 3.53. The molecule has 0 spiro atoms. The van der Waals surface area contributed by atoms with Crippen LogP contribution in [0.2, 0.25) is 0 Å². The van der Waals surface area contributed by atoms with Gasteiger partial charge in [-0.3, -0.25) is 5.41 Å². The summed E-state index contributed by atoms with van der Waals surface area (Å²) in [5.41, 5.74) is 2.04. The molecule has 0 aliphatic carbocycles. The van der Waals surface area contributed by atoms with Crippen molar-refractivity contribution in [3.05, 3.63) is 35.4 Å². The topological polar surface area (TPSA) is 39.5 Å². The Morgan fingerprint density at radius 3 is 2.29 bits per heavy atom. The highest BCUT2D eigenvalue weighted by Gasteiger charge is 1.97. The van der Waals surface area contributed by atoms with Gasteiger partial charge in [-0.15, -0.1) is 0 Å². The second kappa shape index (κ2) is 8.50. The number of hydrogen-bond acceptors (Lipinski definition) is 1. The molecule has 3 nitrogen and oxygen atoms in total. The molecule has 1 aromatic rings. The number of rotatable bonds is 3. The lowest BCUT2D eigenvalue weighted by Crippen LogP contribution is -2.15. The Balaban J connectivity index is 0.00000121. The van der Waals surface area contributed by atoms with Crippen molar-refractivity contribution in [2.45, 2.75) is 27.7 Å². The van der Waals surface area contributed by atoms with Crippen LogP contribution in [-0.2, 0) is 0 Å². The summed E-state index contributed by atoms with van der Waals surface area (Å²) in [4.78, 5) is 6.01. The van der Waals surface area contributed by atoms with Gasteiger partial charge in [0.05, 0.1) is 6.34 Å². The molecule has 0 bridgehead atoms. The maximum absolute atomic E-state index is 7.74. The zero-order chi connectivity index (χ0) is 13.3. The van der Waals surface area contributed by atoms with Crippen LogP contribution >= 0.6 is 0 Å². The third-order valence-corrected chi connectivity index (χ3v) is 2.21. The minimum atomic E-state index is 0.301. The molecule has 0 heterocycles. The monoisotopic (exact) mass is 233 g/mol. The van der Waals surface area contributed by atoms with Crippen LogP contribution in [0.25, 0.3) is 0 Å². The number of amidine groups is 1. The van der Waals surface area contributed by atoms with Crippen molar-refractivity contribution in [2.75, 3.05) is 13.6 Å². The average Bonchev–Trinajstić information content (AvgIpc) is 2.38. The van der Waals surface area contributed by atoms with E-state index in [4.69, 9.17) is 5.41 Å². The highest BCUT2D eigenvalue weighted by Crippen LogP contribution is 2.04. The van der Waals surface area contributed by atoms with E-state index in [0.29, 0.717) is 5.84 Å². The molecule has 0 radical (unpaired) electrons. The van der Waals surface area contributed by atoms with Gasteiger partial charge in [0, 0.05) is 19.2 Å². The number of nitrogens with zero attached hydrogens (tertiary/aromatic N) is 2. The van der Waals surface area contributed by atoms with Gasteiger partial charge in [0.1, 0.15) is 0 Å². The first-order valence-corrected chi connectivity index (χ1v) is 6.03. The first kappa shape index (κ1) is 15.4. The fourth-order valence-electron chi connectivity index (χ4n) is 1.02. The molecule has 3 heteroatoms. The van der Waals surface area contributed by atoms with Crippen LogP contribution in [0.15, 0.2) is 29.3 Å². The van der Waals surface area contributed by atoms with E-state index in [1.807, 2.05) is 63.9 Å². The lowest BCUT2D eigenvalue weighted by molar-refractivity contribution is 0.552. The van der Waals surface area contributed by atoms with E-state index < -0.39 is 0 Å². The van der Waals surface area contributed by atoms with Gasteiger partial charge in [-0.2, -0.15) is 0 Å². The molecule has 1 rings (SSSR count). The minimum absolute atomic E-state index is 0.301. The third-order valence-electron chi connectivity index (χ3n) is 2.21. The standard InChI is InChI=1S/C12H17N3.C2H6/c1-4-15(3)9-14-12(13)11-7-5-10(2)6-8-11;1-2/h5-9,13H,4H2,1-3H3;1-2H3. The normalized spacial score (nSPS) is 9.71. The smallest absolute Gasteiger partial charge is 0.153 e. The van der Waals surface area contributed by atoms with E-state index in [1.54, 1.807) is 6.34 Å². The molecule has 0 aliphatic rings. The summed E-state index contributed by atoms with van der Waals surface area (Å²) in [6.07, 6.45) is 1.68. The van der Waals surface area contributed by atoms with Gasteiger partial charge in [-0.25, -0.2) is 4.99 Å². The maximum Gasteiger partial charge on any atom is 0.153 e. The second-order valence-corrected chi connectivity index (χ2v) is 3.53. The molecule has 17 heavy (non-hydrogen) atoms. The maximum atomic E-state index is 7.74. The fourth-order valence-corrected chi connectivity index (χ4v) is 1.02. The molecular formula is C14H23N3. The Bertz CT molecular complexity index is 352. The predicted molar refractivity (Wildman–Crippen MR) is 76.2 cm³/mol. The van der Waals surface area contributed by atoms with Gasteiger partial charge in [0.15, 0.2) is 5.84 Å². The molecule has 0 atom stereocenters. The molecule has 1 N–H and O–H groups in total. The molecule has 0 saturated carbocycles. The van der Waals surface area contributed by atoms with E-state index >= 15 is 0 Å². The van der Waals surface area contributed by atoms with Crippen LogP contribution in [0.1, 0.15) is 31.9 Å². The predicted octanol–water partition coefficient (Wildman–Crippen LogP) is 3.33. The van der Waals surface area contributed by atoms with Crippen molar-refractivity contribution in [3.63, 3.8) is 0 Å². The molecule has 0 saturated heterocycles. The quantitative estimate of drug-likeness (QED) is 0.631. The molecular weight excluding hydrogens is 210 g/mol. The lowest BCUT2D eigenvalue weighted by atomic mass is 10.1. The van der Waals surface area contributed by atoms with Gasteiger partial charge in [-0.05, 0) is 13.8 Å². The molecule has 0 unspecified atom stereocenters. The van der Waals surface area contributed by atoms with Crippen molar-refractivity contribution in [1.82, 2.24) is 4.90 Å². The summed E-state index contributed by atoms with van der Waals surface area (Å²) in [7, 11) is 1.94. The van der Waals surface area contributed by atoms with Crippen molar-refractivity contribution < 1.29 is 0 Å². The number of hydrogen-bond donors (Lipinski definition) is 1. The first-order chi connectivity index (χ1) is 8.13. The zero-order valence-electron chi connectivity index (χ0n) is 11.5. The highest BCUT2D eigenvalue weighted by atomic mass is 15.1. The van der Waals surface area contributed by atoms with E-state index in [9.17, 15) is 0 Å². The van der Waals surface area contributed by atoms with Crippen LogP contribution in [0.5, 0.6) is 0 Å². The van der Waals surface area contributed by atoms with Crippen LogP contribution in [0, 0.1) is 12.3 Å². The van der Waals surface area contributed by atoms with Crippen LogP contribution < -0.4 is 0 Å².